The highest BCUT2D eigenvalue weighted by atomic mass is 35.5. The van der Waals surface area contributed by atoms with Crippen LogP contribution in [0.5, 0.6) is 0 Å². The average molecular weight is 304 g/mol. The second kappa shape index (κ2) is 5.05. The molecule has 0 radical (unpaired) electrons. The van der Waals surface area contributed by atoms with Gasteiger partial charge in [0.2, 0.25) is 0 Å². The summed E-state index contributed by atoms with van der Waals surface area (Å²) < 4.78 is 29.4. The lowest BCUT2D eigenvalue weighted by Crippen LogP contribution is -2.36. The van der Waals surface area contributed by atoms with Crippen LogP contribution in [0.4, 0.5) is 0 Å². The Bertz CT molecular complexity index is 575. The Morgan fingerprint density at radius 3 is 2.68 bits per heavy atom. The molecule has 0 bridgehead atoms. The van der Waals surface area contributed by atoms with Crippen molar-refractivity contribution in [3.05, 3.63) is 34.9 Å². The summed E-state index contributed by atoms with van der Waals surface area (Å²) in [6.07, 6.45) is 0. The van der Waals surface area contributed by atoms with Crippen molar-refractivity contribution in [1.29, 1.82) is 0 Å². The van der Waals surface area contributed by atoms with Crippen LogP contribution in [0.25, 0.3) is 0 Å². The fourth-order valence-electron chi connectivity index (χ4n) is 2.75. The maximum atomic E-state index is 12.2. The molecule has 4 nitrogen and oxygen atoms in total. The minimum absolute atomic E-state index is 0.0808. The van der Waals surface area contributed by atoms with Crippen molar-refractivity contribution in [1.82, 2.24) is 0 Å². The quantitative estimate of drug-likeness (QED) is 0.897. The van der Waals surface area contributed by atoms with Crippen LogP contribution in [0.1, 0.15) is 18.4 Å². The number of hydrogen-bond acceptors (Lipinski definition) is 4. The molecule has 1 aliphatic carbocycles. The summed E-state index contributed by atoms with van der Waals surface area (Å²) in [5, 5.41) is -0.0137. The summed E-state index contributed by atoms with van der Waals surface area (Å²) in [7, 11) is -1.69. The van der Waals surface area contributed by atoms with E-state index in [1.54, 1.807) is 25.1 Å². The Labute approximate surface area is 118 Å². The first kappa shape index (κ1) is 14.8. The number of hydrogen-bond donors (Lipinski definition) is 1. The van der Waals surface area contributed by atoms with E-state index < -0.39 is 20.6 Å². The van der Waals surface area contributed by atoms with E-state index in [2.05, 4.69) is 0 Å². The molecule has 0 aliphatic heterocycles. The topological polar surface area (TPSA) is 69.4 Å². The zero-order valence-electron chi connectivity index (χ0n) is 11.0. The Hall–Kier alpha value is -0.620. The molecule has 106 valence electrons. The van der Waals surface area contributed by atoms with Gasteiger partial charge in [-0.05, 0) is 17.7 Å². The van der Waals surface area contributed by atoms with Crippen molar-refractivity contribution in [2.45, 2.75) is 23.6 Å². The minimum Gasteiger partial charge on any atom is -0.383 e. The van der Waals surface area contributed by atoms with Crippen LogP contribution in [0.2, 0.25) is 5.02 Å². The van der Waals surface area contributed by atoms with Crippen molar-refractivity contribution in [2.75, 3.05) is 19.5 Å². The molecule has 1 aliphatic rings. The van der Waals surface area contributed by atoms with Gasteiger partial charge >= 0.3 is 0 Å². The van der Waals surface area contributed by atoms with E-state index in [0.717, 1.165) is 5.56 Å². The average Bonchev–Trinajstić information content (AvgIpc) is 2.96. The van der Waals surface area contributed by atoms with Crippen LogP contribution < -0.4 is 5.73 Å². The molecule has 0 heterocycles. The van der Waals surface area contributed by atoms with Crippen molar-refractivity contribution in [3.63, 3.8) is 0 Å². The van der Waals surface area contributed by atoms with Crippen molar-refractivity contribution in [2.24, 2.45) is 5.73 Å². The predicted octanol–water partition coefficient (Wildman–Crippen LogP) is 1.58. The van der Waals surface area contributed by atoms with Crippen LogP contribution >= 0.6 is 11.6 Å². The monoisotopic (exact) mass is 303 g/mol. The van der Waals surface area contributed by atoms with Gasteiger partial charge in [0.05, 0.1) is 17.4 Å². The van der Waals surface area contributed by atoms with E-state index in [1.807, 2.05) is 6.07 Å². The molecule has 0 saturated heterocycles. The molecule has 0 aromatic heterocycles. The van der Waals surface area contributed by atoms with Gasteiger partial charge in [0.25, 0.3) is 0 Å². The molecular formula is C13H18ClNO3S. The van der Waals surface area contributed by atoms with E-state index in [4.69, 9.17) is 22.1 Å². The van der Waals surface area contributed by atoms with Crippen molar-refractivity contribution >= 4 is 21.4 Å². The zero-order valence-corrected chi connectivity index (χ0v) is 12.5. The summed E-state index contributed by atoms with van der Waals surface area (Å²) in [6, 6.07) is 7.19. The molecule has 1 fully saturated rings. The number of benzene rings is 1. The zero-order chi connectivity index (χ0) is 14.3. The largest absolute Gasteiger partial charge is 0.383 e. The molecule has 0 spiro atoms. The summed E-state index contributed by atoms with van der Waals surface area (Å²) in [4.78, 5) is 0. The Morgan fingerprint density at radius 2 is 2.16 bits per heavy atom. The van der Waals surface area contributed by atoms with Gasteiger partial charge < -0.3 is 10.5 Å². The third-order valence-electron chi connectivity index (χ3n) is 3.69. The summed E-state index contributed by atoms with van der Waals surface area (Å²) in [5.74, 6) is -0.173. The van der Waals surface area contributed by atoms with Gasteiger partial charge in [-0.25, -0.2) is 8.42 Å². The van der Waals surface area contributed by atoms with Gasteiger partial charge in [-0.2, -0.15) is 0 Å². The molecule has 2 rings (SSSR count). The first-order valence-corrected chi connectivity index (χ1v) is 8.21. The fourth-order valence-corrected chi connectivity index (χ4v) is 4.94. The van der Waals surface area contributed by atoms with Crippen LogP contribution in [-0.4, -0.2) is 38.7 Å². The number of ether oxygens (including phenoxy) is 1. The van der Waals surface area contributed by atoms with Gasteiger partial charge in [0.1, 0.15) is 0 Å². The number of rotatable bonds is 5. The van der Waals surface area contributed by atoms with Gasteiger partial charge in [-0.1, -0.05) is 30.7 Å². The van der Waals surface area contributed by atoms with Crippen molar-refractivity contribution in [3.8, 4) is 0 Å². The van der Waals surface area contributed by atoms with Crippen molar-refractivity contribution < 1.29 is 13.2 Å². The highest BCUT2D eigenvalue weighted by Crippen LogP contribution is 2.54. The van der Waals surface area contributed by atoms with Crippen LogP contribution in [-0.2, 0) is 14.6 Å². The predicted molar refractivity (Wildman–Crippen MR) is 76.2 cm³/mol. The lowest BCUT2D eigenvalue weighted by atomic mass is 10.1. The van der Waals surface area contributed by atoms with Crippen LogP contribution in [0, 0.1) is 0 Å². The standard InChI is InChI=1S/C13H18ClNO3S/c1-3-19(16,17)12-11(13(12,15)8-18-2)9-5-4-6-10(14)7-9/h4-7,11-12H,3,8,15H2,1-2H3. The summed E-state index contributed by atoms with van der Waals surface area (Å²) in [6.45, 7) is 1.85. The Balaban J connectivity index is 2.39. The minimum atomic E-state index is -3.21. The fraction of sp³-hybridized carbons (Fsp3) is 0.538. The molecule has 6 heteroatoms. The van der Waals surface area contributed by atoms with Gasteiger partial charge in [-0.3, -0.25) is 0 Å². The van der Waals surface area contributed by atoms with Gasteiger partial charge in [-0.15, -0.1) is 0 Å². The van der Waals surface area contributed by atoms with E-state index in [0.29, 0.717) is 5.02 Å². The third kappa shape index (κ3) is 2.52. The maximum absolute atomic E-state index is 12.2. The smallest absolute Gasteiger partial charge is 0.155 e. The molecule has 3 atom stereocenters. The second-order valence-electron chi connectivity index (χ2n) is 4.95. The van der Waals surface area contributed by atoms with Gasteiger partial charge in [0.15, 0.2) is 9.84 Å². The van der Waals surface area contributed by atoms with E-state index in [1.165, 1.54) is 7.11 Å². The van der Waals surface area contributed by atoms with Crippen LogP contribution in [0.3, 0.4) is 0 Å². The number of sulfone groups is 1. The van der Waals surface area contributed by atoms with E-state index in [-0.39, 0.29) is 18.3 Å². The van der Waals surface area contributed by atoms with E-state index in [9.17, 15) is 8.42 Å². The molecule has 2 N–H and O–H groups in total. The van der Waals surface area contributed by atoms with Crippen LogP contribution in [0.15, 0.2) is 24.3 Å². The number of nitrogens with two attached hydrogens (primary N) is 1. The molecular weight excluding hydrogens is 286 g/mol. The van der Waals surface area contributed by atoms with Gasteiger partial charge in [0, 0.05) is 23.8 Å². The second-order valence-corrected chi connectivity index (χ2v) is 7.80. The molecule has 3 unspecified atom stereocenters. The summed E-state index contributed by atoms with van der Waals surface area (Å²) in [5.41, 5.74) is 6.24. The third-order valence-corrected chi connectivity index (χ3v) is 6.22. The lowest BCUT2D eigenvalue weighted by molar-refractivity contribution is 0.171. The highest BCUT2D eigenvalue weighted by molar-refractivity contribution is 7.92. The molecule has 1 aromatic carbocycles. The normalized spacial score (nSPS) is 30.3. The van der Waals surface area contributed by atoms with E-state index >= 15 is 0 Å². The lowest BCUT2D eigenvalue weighted by Gasteiger charge is -2.10. The first-order chi connectivity index (χ1) is 8.86. The summed E-state index contributed by atoms with van der Waals surface area (Å²) >= 11 is 5.96. The first-order valence-electron chi connectivity index (χ1n) is 6.11. The molecule has 1 saturated carbocycles. The number of halogens is 1. The maximum Gasteiger partial charge on any atom is 0.155 e. The Kier molecular flexibility index (Phi) is 3.93. The molecule has 1 aromatic rings. The SMILES string of the molecule is CCS(=O)(=O)C1C(c2cccc(Cl)c2)C1(N)COC. The highest BCUT2D eigenvalue weighted by Gasteiger charge is 2.68. The number of methoxy groups -OCH3 is 1. The molecule has 0 amide bonds. The Morgan fingerprint density at radius 1 is 1.47 bits per heavy atom. The molecule has 19 heavy (non-hydrogen) atoms.